The number of carboxylic acid groups (broad SMARTS) is 1. The number of hydrogen-bond donors (Lipinski definition) is 1. The fraction of sp³-hybridized carbons (Fsp3) is 0.867. The van der Waals surface area contributed by atoms with Crippen molar-refractivity contribution in [2.45, 2.75) is 58.3 Å². The van der Waals surface area contributed by atoms with Gasteiger partial charge in [0.2, 0.25) is 0 Å². The van der Waals surface area contributed by atoms with E-state index in [2.05, 4.69) is 6.92 Å². The Bertz CT molecular complexity index is 316. The molecule has 2 saturated carbocycles. The first kappa shape index (κ1) is 13.6. The summed E-state index contributed by atoms with van der Waals surface area (Å²) in [5.41, 5.74) is 0. The number of Topliss-reactive ketones (excluding diaryl/α,β-unsaturated/α-hetero) is 1. The maximum Gasteiger partial charge on any atom is 0.307 e. The van der Waals surface area contributed by atoms with Crippen LogP contribution in [0.15, 0.2) is 0 Å². The second-order valence-corrected chi connectivity index (χ2v) is 6.19. The normalized spacial score (nSPS) is 37.2. The predicted octanol–water partition coefficient (Wildman–Crippen LogP) is 3.27. The number of rotatable bonds is 3. The lowest BCUT2D eigenvalue weighted by atomic mass is 9.70. The zero-order chi connectivity index (χ0) is 13.1. The van der Waals surface area contributed by atoms with Gasteiger partial charge in [0.15, 0.2) is 0 Å². The van der Waals surface area contributed by atoms with E-state index >= 15 is 0 Å². The van der Waals surface area contributed by atoms with E-state index in [0.29, 0.717) is 6.42 Å². The molecule has 0 unspecified atom stereocenters. The van der Waals surface area contributed by atoms with Crippen LogP contribution in [0.25, 0.3) is 0 Å². The van der Waals surface area contributed by atoms with Gasteiger partial charge in [-0.25, -0.2) is 0 Å². The summed E-state index contributed by atoms with van der Waals surface area (Å²) >= 11 is 0. The molecule has 2 aliphatic rings. The Morgan fingerprint density at radius 3 is 2.00 bits per heavy atom. The van der Waals surface area contributed by atoms with Gasteiger partial charge in [0.1, 0.15) is 5.78 Å². The number of hydrogen-bond acceptors (Lipinski definition) is 2. The molecule has 3 nitrogen and oxygen atoms in total. The minimum Gasteiger partial charge on any atom is -0.481 e. The molecule has 18 heavy (non-hydrogen) atoms. The van der Waals surface area contributed by atoms with Crippen LogP contribution in [0.3, 0.4) is 0 Å². The number of carbonyl (C=O) groups is 2. The first-order valence-electron chi connectivity index (χ1n) is 7.36. The third kappa shape index (κ3) is 2.93. The van der Waals surface area contributed by atoms with E-state index in [4.69, 9.17) is 0 Å². The standard InChI is InChI=1S/C15H24O3/c1-10-6-8-11(9-7-10)14(16)12-4-2-3-5-13(12)15(17)18/h10-13H,2-9H2,1H3,(H,17,18)/t10-,11-,12-,13-/m1/s1. The van der Waals surface area contributed by atoms with Gasteiger partial charge in [-0.3, -0.25) is 9.59 Å². The van der Waals surface area contributed by atoms with Crippen LogP contribution in [0.4, 0.5) is 0 Å². The Morgan fingerprint density at radius 1 is 0.889 bits per heavy atom. The third-order valence-corrected chi connectivity index (χ3v) is 4.87. The second kappa shape index (κ2) is 5.85. The molecule has 0 radical (unpaired) electrons. The highest BCUT2D eigenvalue weighted by molar-refractivity contribution is 5.88. The Morgan fingerprint density at radius 2 is 1.44 bits per heavy atom. The quantitative estimate of drug-likeness (QED) is 0.838. The minimum absolute atomic E-state index is 0.145. The largest absolute Gasteiger partial charge is 0.481 e. The van der Waals surface area contributed by atoms with Gasteiger partial charge in [-0.05, 0) is 31.6 Å². The molecule has 0 amide bonds. The average molecular weight is 252 g/mol. The van der Waals surface area contributed by atoms with E-state index in [9.17, 15) is 14.7 Å². The molecule has 0 aromatic rings. The lowest BCUT2D eigenvalue weighted by molar-refractivity contribution is -0.149. The number of aliphatic carboxylic acids is 1. The highest BCUT2D eigenvalue weighted by Gasteiger charge is 2.39. The molecule has 0 spiro atoms. The van der Waals surface area contributed by atoms with Crippen molar-refractivity contribution in [1.29, 1.82) is 0 Å². The second-order valence-electron chi connectivity index (χ2n) is 6.19. The van der Waals surface area contributed by atoms with Gasteiger partial charge in [-0.2, -0.15) is 0 Å². The van der Waals surface area contributed by atoms with Crippen LogP contribution in [-0.2, 0) is 9.59 Å². The first-order valence-corrected chi connectivity index (χ1v) is 7.36. The van der Waals surface area contributed by atoms with Crippen molar-refractivity contribution in [3.05, 3.63) is 0 Å². The smallest absolute Gasteiger partial charge is 0.307 e. The van der Waals surface area contributed by atoms with Crippen molar-refractivity contribution in [1.82, 2.24) is 0 Å². The summed E-state index contributed by atoms with van der Waals surface area (Å²) in [7, 11) is 0. The highest BCUT2D eigenvalue weighted by Crippen LogP contribution is 2.37. The summed E-state index contributed by atoms with van der Waals surface area (Å²) in [6.45, 7) is 2.24. The molecular formula is C15H24O3. The summed E-state index contributed by atoms with van der Waals surface area (Å²) in [5, 5.41) is 9.25. The summed E-state index contributed by atoms with van der Waals surface area (Å²) < 4.78 is 0. The molecule has 2 atom stereocenters. The van der Waals surface area contributed by atoms with Crippen molar-refractivity contribution in [3.63, 3.8) is 0 Å². The SMILES string of the molecule is C[C@H]1CC[C@H](C(=O)[C@@H]2CCCC[C@H]2C(=O)O)CC1. The zero-order valence-corrected chi connectivity index (χ0v) is 11.2. The first-order chi connectivity index (χ1) is 8.59. The van der Waals surface area contributed by atoms with E-state index in [1.807, 2.05) is 0 Å². The lowest BCUT2D eigenvalue weighted by Crippen LogP contribution is -2.37. The minimum atomic E-state index is -0.766. The predicted molar refractivity (Wildman–Crippen MR) is 69.2 cm³/mol. The van der Waals surface area contributed by atoms with E-state index in [-0.39, 0.29) is 17.6 Å². The topological polar surface area (TPSA) is 54.4 Å². The monoisotopic (exact) mass is 252 g/mol. The fourth-order valence-electron chi connectivity index (χ4n) is 3.61. The molecule has 0 saturated heterocycles. The molecule has 102 valence electrons. The van der Waals surface area contributed by atoms with E-state index < -0.39 is 11.9 Å². The molecule has 2 fully saturated rings. The van der Waals surface area contributed by atoms with Crippen LogP contribution in [0.1, 0.15) is 58.3 Å². The maximum absolute atomic E-state index is 12.5. The molecule has 0 aromatic heterocycles. The molecule has 2 aliphatic carbocycles. The fourth-order valence-corrected chi connectivity index (χ4v) is 3.61. The Balaban J connectivity index is 2.00. The van der Waals surface area contributed by atoms with Gasteiger partial charge in [-0.15, -0.1) is 0 Å². The molecule has 0 aromatic carbocycles. The zero-order valence-electron chi connectivity index (χ0n) is 11.2. The maximum atomic E-state index is 12.5. The van der Waals surface area contributed by atoms with Gasteiger partial charge in [-0.1, -0.05) is 32.6 Å². The molecular weight excluding hydrogens is 228 g/mol. The van der Waals surface area contributed by atoms with Gasteiger partial charge >= 0.3 is 5.97 Å². The molecule has 3 heteroatoms. The summed E-state index contributed by atoms with van der Waals surface area (Å²) in [5.74, 6) is -0.242. The summed E-state index contributed by atoms with van der Waals surface area (Å²) in [6, 6.07) is 0. The molecule has 1 N–H and O–H groups in total. The van der Waals surface area contributed by atoms with Crippen molar-refractivity contribution in [2.24, 2.45) is 23.7 Å². The van der Waals surface area contributed by atoms with Crippen LogP contribution in [0.5, 0.6) is 0 Å². The van der Waals surface area contributed by atoms with Crippen LogP contribution < -0.4 is 0 Å². The average Bonchev–Trinajstić information content (AvgIpc) is 2.39. The summed E-state index contributed by atoms with van der Waals surface area (Å²) in [4.78, 5) is 23.8. The van der Waals surface area contributed by atoms with Crippen molar-refractivity contribution in [2.75, 3.05) is 0 Å². The Kier molecular flexibility index (Phi) is 4.41. The van der Waals surface area contributed by atoms with Gasteiger partial charge in [0.25, 0.3) is 0 Å². The van der Waals surface area contributed by atoms with E-state index in [0.717, 1.165) is 50.9 Å². The van der Waals surface area contributed by atoms with Crippen molar-refractivity contribution < 1.29 is 14.7 Å². The molecule has 0 bridgehead atoms. The van der Waals surface area contributed by atoms with Crippen molar-refractivity contribution in [3.8, 4) is 0 Å². The third-order valence-electron chi connectivity index (χ3n) is 4.87. The summed E-state index contributed by atoms with van der Waals surface area (Å²) in [6.07, 6.45) is 7.66. The van der Waals surface area contributed by atoms with Crippen LogP contribution in [0.2, 0.25) is 0 Å². The van der Waals surface area contributed by atoms with Gasteiger partial charge in [0.05, 0.1) is 5.92 Å². The van der Waals surface area contributed by atoms with Crippen LogP contribution in [0, 0.1) is 23.7 Å². The number of ketones is 1. The molecule has 2 rings (SSSR count). The highest BCUT2D eigenvalue weighted by atomic mass is 16.4. The molecule has 0 aliphatic heterocycles. The molecule has 0 heterocycles. The van der Waals surface area contributed by atoms with Crippen molar-refractivity contribution >= 4 is 11.8 Å². The lowest BCUT2D eigenvalue weighted by Gasteiger charge is -2.33. The van der Waals surface area contributed by atoms with E-state index in [1.54, 1.807) is 0 Å². The van der Waals surface area contributed by atoms with Crippen LogP contribution >= 0.6 is 0 Å². The number of carboxylic acids is 1. The Labute approximate surface area is 109 Å². The van der Waals surface area contributed by atoms with Crippen LogP contribution in [-0.4, -0.2) is 16.9 Å². The van der Waals surface area contributed by atoms with Gasteiger partial charge in [0, 0.05) is 11.8 Å². The number of carbonyl (C=O) groups excluding carboxylic acids is 1. The van der Waals surface area contributed by atoms with E-state index in [1.165, 1.54) is 0 Å². The van der Waals surface area contributed by atoms with Gasteiger partial charge < -0.3 is 5.11 Å². The Hall–Kier alpha value is -0.860.